The second-order valence-electron chi connectivity index (χ2n) is 10.3. The Morgan fingerprint density at radius 1 is 1.22 bits per heavy atom. The highest BCUT2D eigenvalue weighted by atomic mass is 16.5. The Labute approximate surface area is 215 Å². The molecule has 5 rings (SSSR count). The van der Waals surface area contributed by atoms with Gasteiger partial charge in [0.2, 0.25) is 0 Å². The highest BCUT2D eigenvalue weighted by Gasteiger charge is 2.30. The molecule has 1 aromatic carbocycles. The van der Waals surface area contributed by atoms with Crippen LogP contribution >= 0.6 is 0 Å². The number of nitrogens with one attached hydrogen (secondary N) is 2. The van der Waals surface area contributed by atoms with E-state index < -0.39 is 6.09 Å². The van der Waals surface area contributed by atoms with Crippen LogP contribution in [0.15, 0.2) is 49.2 Å². The van der Waals surface area contributed by atoms with E-state index in [1.54, 1.807) is 18.6 Å². The van der Waals surface area contributed by atoms with Crippen LogP contribution in [0.3, 0.4) is 0 Å². The summed E-state index contributed by atoms with van der Waals surface area (Å²) in [7, 11) is 0. The molecule has 3 heterocycles. The van der Waals surface area contributed by atoms with Crippen molar-refractivity contribution in [2.24, 2.45) is 5.41 Å². The lowest BCUT2D eigenvalue weighted by Crippen LogP contribution is -2.31. The zero-order valence-electron chi connectivity index (χ0n) is 21.0. The second kappa shape index (κ2) is 9.61. The van der Waals surface area contributed by atoms with Gasteiger partial charge >= 0.3 is 6.09 Å². The van der Waals surface area contributed by atoms with Gasteiger partial charge in [-0.1, -0.05) is 26.5 Å². The molecule has 1 aliphatic heterocycles. The predicted octanol–water partition coefficient (Wildman–Crippen LogP) is 4.19. The lowest BCUT2D eigenvalue weighted by Gasteiger charge is -2.33. The van der Waals surface area contributed by atoms with Crippen LogP contribution in [0.25, 0.3) is 11.1 Å². The summed E-state index contributed by atoms with van der Waals surface area (Å²) < 4.78 is 6.09. The van der Waals surface area contributed by atoms with Gasteiger partial charge in [0.15, 0.2) is 5.82 Å². The number of hydrogen-bond acceptors (Lipinski definition) is 8. The molecule has 10 nitrogen and oxygen atoms in total. The minimum Gasteiger partial charge on any atom is -0.491 e. The third kappa shape index (κ3) is 5.28. The molecule has 1 amide bonds. The zero-order valence-corrected chi connectivity index (χ0v) is 21.0. The van der Waals surface area contributed by atoms with Crippen LogP contribution in [0.4, 0.5) is 22.1 Å². The van der Waals surface area contributed by atoms with Crippen molar-refractivity contribution in [3.05, 3.63) is 66.0 Å². The molecule has 1 aliphatic carbocycles. The van der Waals surface area contributed by atoms with Gasteiger partial charge in [-0.15, -0.1) is 0 Å². The van der Waals surface area contributed by atoms with Crippen molar-refractivity contribution in [3.63, 3.8) is 0 Å². The van der Waals surface area contributed by atoms with Crippen molar-refractivity contribution < 1.29 is 14.6 Å². The fraction of sp³-hybridized carbons (Fsp3) is 0.333. The van der Waals surface area contributed by atoms with Gasteiger partial charge < -0.3 is 25.8 Å². The Hall–Kier alpha value is -4.34. The Bertz CT molecular complexity index is 1370. The topological polar surface area (TPSA) is 139 Å². The van der Waals surface area contributed by atoms with Crippen LogP contribution in [-0.2, 0) is 19.4 Å². The first kappa shape index (κ1) is 24.4. The minimum absolute atomic E-state index is 0.0667. The number of fused-ring (bicyclic) bond motifs is 2. The number of benzene rings is 1. The SMILES string of the molecule is C=C(NC(=O)O)Nc1ncc(-c2ccc3c(c2)CN(c2ncnc4c2CC(C)(C)CC4)CCO3)cc1N. The lowest BCUT2D eigenvalue weighted by molar-refractivity contribution is 0.197. The number of aryl methyl sites for hydroxylation is 1. The zero-order chi connectivity index (χ0) is 26.2. The normalized spacial score (nSPS) is 16.0. The molecule has 0 saturated carbocycles. The Morgan fingerprint density at radius 3 is 2.84 bits per heavy atom. The number of nitrogen functional groups attached to an aromatic ring is 1. The van der Waals surface area contributed by atoms with Crippen molar-refractivity contribution in [1.29, 1.82) is 0 Å². The fourth-order valence-corrected chi connectivity index (χ4v) is 4.93. The molecule has 0 saturated heterocycles. The van der Waals surface area contributed by atoms with Crippen LogP contribution in [-0.4, -0.2) is 39.3 Å². The molecule has 3 aromatic rings. The smallest absolute Gasteiger partial charge is 0.410 e. The lowest BCUT2D eigenvalue weighted by atomic mass is 9.76. The highest BCUT2D eigenvalue weighted by Crippen LogP contribution is 2.39. The average Bonchev–Trinajstić information content (AvgIpc) is 3.05. The van der Waals surface area contributed by atoms with E-state index in [2.05, 4.69) is 52.0 Å². The second-order valence-corrected chi connectivity index (χ2v) is 10.3. The van der Waals surface area contributed by atoms with Crippen molar-refractivity contribution in [2.75, 3.05) is 29.1 Å². The molecule has 0 atom stereocenters. The largest absolute Gasteiger partial charge is 0.491 e. The van der Waals surface area contributed by atoms with E-state index in [0.29, 0.717) is 24.7 Å². The van der Waals surface area contributed by atoms with E-state index in [1.807, 2.05) is 12.1 Å². The first-order valence-electron chi connectivity index (χ1n) is 12.2. The molecule has 192 valence electrons. The Morgan fingerprint density at radius 2 is 2.05 bits per heavy atom. The van der Waals surface area contributed by atoms with Gasteiger partial charge in [-0.2, -0.15) is 0 Å². The van der Waals surface area contributed by atoms with Crippen LogP contribution in [0.5, 0.6) is 5.75 Å². The summed E-state index contributed by atoms with van der Waals surface area (Å²) >= 11 is 0. The van der Waals surface area contributed by atoms with Crippen molar-refractivity contribution >= 4 is 23.4 Å². The molecule has 37 heavy (non-hydrogen) atoms. The molecule has 0 spiro atoms. The van der Waals surface area contributed by atoms with E-state index in [9.17, 15) is 4.79 Å². The summed E-state index contributed by atoms with van der Waals surface area (Å²) in [6.07, 6.45) is 5.21. The number of hydrogen-bond donors (Lipinski definition) is 4. The molecule has 5 N–H and O–H groups in total. The van der Waals surface area contributed by atoms with Crippen LogP contribution in [0.2, 0.25) is 0 Å². The van der Waals surface area contributed by atoms with Gasteiger partial charge in [-0.3, -0.25) is 5.32 Å². The predicted molar refractivity (Wildman–Crippen MR) is 142 cm³/mol. The maximum atomic E-state index is 10.8. The molecule has 0 unspecified atom stereocenters. The maximum Gasteiger partial charge on any atom is 0.410 e. The number of nitrogens with two attached hydrogens (primary N) is 1. The third-order valence-electron chi connectivity index (χ3n) is 6.82. The molecule has 10 heteroatoms. The molecule has 0 radical (unpaired) electrons. The Balaban J connectivity index is 1.41. The van der Waals surface area contributed by atoms with E-state index >= 15 is 0 Å². The van der Waals surface area contributed by atoms with Crippen LogP contribution in [0, 0.1) is 5.41 Å². The summed E-state index contributed by atoms with van der Waals surface area (Å²) in [6.45, 7) is 10.2. The first-order valence-corrected chi connectivity index (χ1v) is 12.2. The van der Waals surface area contributed by atoms with E-state index in [0.717, 1.165) is 59.8 Å². The van der Waals surface area contributed by atoms with Gasteiger partial charge in [-0.25, -0.2) is 19.7 Å². The summed E-state index contributed by atoms with van der Waals surface area (Å²) in [4.78, 5) is 26.7. The van der Waals surface area contributed by atoms with Gasteiger partial charge in [0, 0.05) is 35.1 Å². The monoisotopic (exact) mass is 501 g/mol. The number of rotatable bonds is 5. The number of ether oxygens (including phenoxy) is 1. The van der Waals surface area contributed by atoms with Gasteiger partial charge in [0.1, 0.15) is 30.3 Å². The highest BCUT2D eigenvalue weighted by molar-refractivity contribution is 5.75. The number of pyridine rings is 1. The Kier molecular flexibility index (Phi) is 6.32. The van der Waals surface area contributed by atoms with Crippen LogP contribution in [0.1, 0.15) is 37.1 Å². The van der Waals surface area contributed by atoms with Gasteiger partial charge in [0.25, 0.3) is 0 Å². The third-order valence-corrected chi connectivity index (χ3v) is 6.82. The standard InChI is InChI=1S/C27H31N7O3/c1-16(33-26(35)36)32-24-21(28)11-18(13-29-24)17-4-5-23-19(10-17)14-34(8-9-37-23)25-20-12-27(2,3)7-6-22(20)30-15-31-25/h4-5,10-11,13,15,33H,1,6-9,12,14,28H2,2-3H3,(H,29,32)(H,35,36). The van der Waals surface area contributed by atoms with Crippen LogP contribution < -0.4 is 26.0 Å². The molecular formula is C27H31N7O3. The molecule has 0 fully saturated rings. The summed E-state index contributed by atoms with van der Waals surface area (Å²) in [5.41, 5.74) is 12.0. The summed E-state index contributed by atoms with van der Waals surface area (Å²) in [6, 6.07) is 7.86. The molecule has 2 aliphatic rings. The van der Waals surface area contributed by atoms with E-state index in [4.69, 9.17) is 20.6 Å². The molecule has 2 aromatic heterocycles. The summed E-state index contributed by atoms with van der Waals surface area (Å²) in [5, 5.41) is 13.7. The number of anilines is 3. The number of carboxylic acid groups (broad SMARTS) is 1. The fourth-order valence-electron chi connectivity index (χ4n) is 4.93. The van der Waals surface area contributed by atoms with Crippen molar-refractivity contribution in [3.8, 4) is 16.9 Å². The number of nitrogens with zero attached hydrogens (tertiary/aromatic N) is 4. The number of amides is 1. The van der Waals surface area contributed by atoms with Crippen molar-refractivity contribution in [1.82, 2.24) is 20.3 Å². The molecule has 0 bridgehead atoms. The average molecular weight is 502 g/mol. The maximum absolute atomic E-state index is 10.8. The van der Waals surface area contributed by atoms with Gasteiger partial charge in [-0.05, 0) is 48.4 Å². The van der Waals surface area contributed by atoms with E-state index in [1.165, 1.54) is 5.56 Å². The summed E-state index contributed by atoms with van der Waals surface area (Å²) in [5.74, 6) is 2.24. The number of carbonyl (C=O) groups is 1. The van der Waals surface area contributed by atoms with Crippen molar-refractivity contribution in [2.45, 2.75) is 39.7 Å². The first-order chi connectivity index (χ1) is 17.7. The quantitative estimate of drug-likeness (QED) is 0.405. The van der Waals surface area contributed by atoms with E-state index in [-0.39, 0.29) is 11.2 Å². The minimum atomic E-state index is -1.22. The van der Waals surface area contributed by atoms with Gasteiger partial charge in [0.05, 0.1) is 12.2 Å². The number of aromatic nitrogens is 3. The molecular weight excluding hydrogens is 470 g/mol.